The molecule has 0 aromatic carbocycles. The highest BCUT2D eigenvalue weighted by molar-refractivity contribution is 7.99. The third-order valence-electron chi connectivity index (χ3n) is 2.56. The van der Waals surface area contributed by atoms with Crippen molar-refractivity contribution in [2.24, 2.45) is 0 Å². The van der Waals surface area contributed by atoms with Crippen LogP contribution in [0.4, 0.5) is 0 Å². The molecule has 0 radical (unpaired) electrons. The van der Waals surface area contributed by atoms with Crippen molar-refractivity contribution in [1.82, 2.24) is 10.3 Å². The molecule has 0 saturated heterocycles. The molecule has 1 aromatic heterocycles. The molecule has 16 heavy (non-hydrogen) atoms. The predicted octanol–water partition coefficient (Wildman–Crippen LogP) is 3.04. The first-order chi connectivity index (χ1) is 7.24. The van der Waals surface area contributed by atoms with Crippen LogP contribution >= 0.6 is 24.2 Å². The van der Waals surface area contributed by atoms with Gasteiger partial charge in [-0.1, -0.05) is 13.0 Å². The van der Waals surface area contributed by atoms with Crippen molar-refractivity contribution in [3.05, 3.63) is 29.6 Å². The monoisotopic (exact) mass is 260 g/mol. The van der Waals surface area contributed by atoms with Crippen LogP contribution in [0.1, 0.15) is 24.6 Å². The molecular formula is C12H21ClN2S. The van der Waals surface area contributed by atoms with Crippen LogP contribution in [0, 0.1) is 6.92 Å². The fourth-order valence-corrected chi connectivity index (χ4v) is 1.70. The van der Waals surface area contributed by atoms with Gasteiger partial charge >= 0.3 is 0 Å². The smallest absolute Gasteiger partial charge is 0.0417 e. The maximum Gasteiger partial charge on any atom is 0.0417 e. The number of hydrogen-bond donors (Lipinski definition) is 1. The van der Waals surface area contributed by atoms with E-state index in [1.165, 1.54) is 12.0 Å². The SMILES string of the molecule is CSC(C)CCNCc1cccnc1C.Cl. The largest absolute Gasteiger partial charge is 0.313 e. The molecule has 0 bridgehead atoms. The molecule has 1 rings (SSSR count). The first kappa shape index (κ1) is 15.8. The number of nitrogens with zero attached hydrogens (tertiary/aromatic N) is 1. The first-order valence-corrected chi connectivity index (χ1v) is 6.67. The molecular weight excluding hydrogens is 240 g/mol. The average molecular weight is 261 g/mol. The number of halogens is 1. The lowest BCUT2D eigenvalue weighted by molar-refractivity contribution is 0.645. The van der Waals surface area contributed by atoms with Gasteiger partial charge in [-0.25, -0.2) is 0 Å². The van der Waals surface area contributed by atoms with E-state index in [2.05, 4.69) is 36.5 Å². The molecule has 0 spiro atoms. The maximum atomic E-state index is 4.27. The fourth-order valence-electron chi connectivity index (χ4n) is 1.35. The van der Waals surface area contributed by atoms with E-state index in [1.54, 1.807) is 0 Å². The molecule has 0 aliphatic heterocycles. The Morgan fingerprint density at radius 3 is 2.88 bits per heavy atom. The highest BCUT2D eigenvalue weighted by Gasteiger charge is 2.00. The Kier molecular flexibility index (Phi) is 8.71. The van der Waals surface area contributed by atoms with E-state index in [4.69, 9.17) is 0 Å². The molecule has 1 atom stereocenters. The van der Waals surface area contributed by atoms with E-state index >= 15 is 0 Å². The molecule has 1 unspecified atom stereocenters. The first-order valence-electron chi connectivity index (χ1n) is 5.38. The summed E-state index contributed by atoms with van der Waals surface area (Å²) in [5.74, 6) is 0. The summed E-state index contributed by atoms with van der Waals surface area (Å²) >= 11 is 1.92. The van der Waals surface area contributed by atoms with E-state index in [-0.39, 0.29) is 12.4 Å². The Balaban J connectivity index is 0.00000225. The van der Waals surface area contributed by atoms with Crippen LogP contribution < -0.4 is 5.32 Å². The number of thioether (sulfide) groups is 1. The van der Waals surface area contributed by atoms with Gasteiger partial charge in [0.1, 0.15) is 0 Å². The number of rotatable bonds is 6. The molecule has 2 nitrogen and oxygen atoms in total. The Hall–Kier alpha value is -0.250. The molecule has 0 amide bonds. The van der Waals surface area contributed by atoms with Crippen molar-refractivity contribution in [2.75, 3.05) is 12.8 Å². The molecule has 92 valence electrons. The van der Waals surface area contributed by atoms with Gasteiger partial charge in [-0.2, -0.15) is 11.8 Å². The lowest BCUT2D eigenvalue weighted by Crippen LogP contribution is -2.18. The normalized spacial score (nSPS) is 11.9. The zero-order chi connectivity index (χ0) is 11.1. The van der Waals surface area contributed by atoms with Crippen molar-refractivity contribution in [1.29, 1.82) is 0 Å². The molecule has 1 aromatic rings. The van der Waals surface area contributed by atoms with Crippen molar-refractivity contribution in [2.45, 2.75) is 32.1 Å². The Labute approximate surface area is 109 Å². The number of nitrogens with one attached hydrogen (secondary N) is 1. The van der Waals surface area contributed by atoms with Gasteiger partial charge < -0.3 is 5.32 Å². The van der Waals surface area contributed by atoms with Crippen LogP contribution in [0.15, 0.2) is 18.3 Å². The summed E-state index contributed by atoms with van der Waals surface area (Å²) in [5.41, 5.74) is 2.43. The molecule has 0 fully saturated rings. The Morgan fingerprint density at radius 2 is 2.25 bits per heavy atom. The summed E-state index contributed by atoms with van der Waals surface area (Å²) < 4.78 is 0. The minimum absolute atomic E-state index is 0. The van der Waals surface area contributed by atoms with Gasteiger partial charge in [-0.15, -0.1) is 12.4 Å². The van der Waals surface area contributed by atoms with E-state index in [0.29, 0.717) is 0 Å². The zero-order valence-corrected chi connectivity index (χ0v) is 11.8. The lowest BCUT2D eigenvalue weighted by Gasteiger charge is -2.09. The van der Waals surface area contributed by atoms with Crippen molar-refractivity contribution < 1.29 is 0 Å². The molecule has 4 heteroatoms. The topological polar surface area (TPSA) is 24.9 Å². The van der Waals surface area contributed by atoms with Crippen LogP contribution in [0.25, 0.3) is 0 Å². The minimum atomic E-state index is 0. The Morgan fingerprint density at radius 1 is 1.50 bits per heavy atom. The fraction of sp³-hybridized carbons (Fsp3) is 0.583. The molecule has 0 saturated carbocycles. The number of aromatic nitrogens is 1. The maximum absolute atomic E-state index is 4.27. The predicted molar refractivity (Wildman–Crippen MR) is 75.5 cm³/mol. The second kappa shape index (κ2) is 8.85. The van der Waals surface area contributed by atoms with Gasteiger partial charge in [0.15, 0.2) is 0 Å². The Bertz CT molecular complexity index is 294. The van der Waals surface area contributed by atoms with Gasteiger partial charge in [0.2, 0.25) is 0 Å². The summed E-state index contributed by atoms with van der Waals surface area (Å²) in [6, 6.07) is 4.13. The van der Waals surface area contributed by atoms with Gasteiger partial charge in [-0.05, 0) is 37.8 Å². The van der Waals surface area contributed by atoms with Crippen LogP contribution in [0.3, 0.4) is 0 Å². The highest BCUT2D eigenvalue weighted by atomic mass is 35.5. The standard InChI is InChI=1S/C12H20N2S.ClH/c1-10(15-3)6-8-13-9-12-5-4-7-14-11(12)2;/h4-5,7,10,13H,6,8-9H2,1-3H3;1H. The molecule has 0 aliphatic carbocycles. The summed E-state index contributed by atoms with van der Waals surface area (Å²) in [4.78, 5) is 4.27. The van der Waals surface area contributed by atoms with Crippen LogP contribution in [-0.2, 0) is 6.54 Å². The minimum Gasteiger partial charge on any atom is -0.313 e. The quantitative estimate of drug-likeness (QED) is 0.796. The van der Waals surface area contributed by atoms with Crippen molar-refractivity contribution >= 4 is 24.2 Å². The van der Waals surface area contributed by atoms with Crippen LogP contribution in [0.2, 0.25) is 0 Å². The van der Waals surface area contributed by atoms with Gasteiger partial charge in [-0.3, -0.25) is 4.98 Å². The van der Waals surface area contributed by atoms with Crippen LogP contribution in [-0.4, -0.2) is 23.0 Å². The molecule has 0 aliphatic rings. The summed E-state index contributed by atoms with van der Waals surface area (Å²) in [6.45, 7) is 6.33. The van der Waals surface area contributed by atoms with Crippen molar-refractivity contribution in [3.8, 4) is 0 Å². The second-order valence-corrected chi connectivity index (χ2v) is 5.04. The number of pyridine rings is 1. The second-order valence-electron chi connectivity index (χ2n) is 3.76. The third kappa shape index (κ3) is 5.73. The van der Waals surface area contributed by atoms with Gasteiger partial charge in [0, 0.05) is 23.7 Å². The molecule has 1 heterocycles. The highest BCUT2D eigenvalue weighted by Crippen LogP contribution is 2.08. The lowest BCUT2D eigenvalue weighted by atomic mass is 10.2. The number of aryl methyl sites for hydroxylation is 1. The molecule has 1 N–H and O–H groups in total. The zero-order valence-electron chi connectivity index (χ0n) is 10.2. The average Bonchev–Trinajstić information content (AvgIpc) is 2.26. The summed E-state index contributed by atoms with van der Waals surface area (Å²) in [5, 5.41) is 4.20. The number of hydrogen-bond acceptors (Lipinski definition) is 3. The summed E-state index contributed by atoms with van der Waals surface area (Å²) in [7, 11) is 0. The summed E-state index contributed by atoms with van der Waals surface area (Å²) in [6.07, 6.45) is 5.23. The third-order valence-corrected chi connectivity index (χ3v) is 3.60. The van der Waals surface area contributed by atoms with E-state index in [9.17, 15) is 0 Å². The van der Waals surface area contributed by atoms with E-state index < -0.39 is 0 Å². The van der Waals surface area contributed by atoms with Crippen LogP contribution in [0.5, 0.6) is 0 Å². The van der Waals surface area contributed by atoms with Crippen molar-refractivity contribution in [3.63, 3.8) is 0 Å². The van der Waals surface area contributed by atoms with Gasteiger partial charge in [0.25, 0.3) is 0 Å². The van der Waals surface area contributed by atoms with E-state index in [0.717, 1.165) is 24.0 Å². The van der Waals surface area contributed by atoms with Gasteiger partial charge in [0.05, 0.1) is 0 Å². The van der Waals surface area contributed by atoms with E-state index in [1.807, 2.05) is 24.0 Å².